The van der Waals surface area contributed by atoms with E-state index in [4.69, 9.17) is 14.7 Å². The van der Waals surface area contributed by atoms with Crippen molar-refractivity contribution < 1.29 is 14.7 Å². The molecule has 1 heterocycles. The number of carboxylic acids is 1. The van der Waals surface area contributed by atoms with Gasteiger partial charge in [-0.15, -0.1) is 0 Å². The first-order valence-corrected chi connectivity index (χ1v) is 3.38. The minimum Gasteiger partial charge on any atom is -0.476 e. The number of aldehydes is 1. The van der Waals surface area contributed by atoms with E-state index in [2.05, 4.69) is 30.3 Å². The average molecular weight is 169 g/mol. The number of hydrogen-bond donors (Lipinski definition) is 1. The van der Waals surface area contributed by atoms with Gasteiger partial charge in [-0.2, -0.15) is 0 Å². The molecule has 66 valence electrons. The minimum absolute atomic E-state index is 0.167. The van der Waals surface area contributed by atoms with E-state index in [1.807, 2.05) is 6.08 Å². The van der Waals surface area contributed by atoms with Gasteiger partial charge in [0, 0.05) is 13.6 Å². The maximum atomic E-state index is 9.00. The standard InChI is InChI=1S/C6H9N.C2H2O3/c1-7-5-3-2-4-6-7;3-1-2(4)5/h2-5H,6H2,1H3;1H,(H,4,5). The van der Waals surface area contributed by atoms with E-state index in [-0.39, 0.29) is 6.29 Å². The zero-order valence-corrected chi connectivity index (χ0v) is 6.80. The zero-order valence-electron chi connectivity index (χ0n) is 6.80. The van der Waals surface area contributed by atoms with Gasteiger partial charge in [-0.05, 0) is 12.3 Å². The third-order valence-electron chi connectivity index (χ3n) is 1.08. The fourth-order valence-corrected chi connectivity index (χ4v) is 0.563. The molecule has 0 aromatic rings. The summed E-state index contributed by atoms with van der Waals surface area (Å²) < 4.78 is 0. The molecule has 0 aliphatic carbocycles. The first kappa shape index (κ1) is 10.4. The van der Waals surface area contributed by atoms with Crippen LogP contribution in [-0.4, -0.2) is 35.9 Å². The van der Waals surface area contributed by atoms with Gasteiger partial charge in [0.2, 0.25) is 6.29 Å². The fraction of sp³-hybridized carbons (Fsp3) is 0.250. The summed E-state index contributed by atoms with van der Waals surface area (Å²) in [5.41, 5.74) is 0. The van der Waals surface area contributed by atoms with Crippen LogP contribution in [-0.2, 0) is 9.59 Å². The van der Waals surface area contributed by atoms with E-state index in [0.717, 1.165) is 6.54 Å². The van der Waals surface area contributed by atoms with Crippen LogP contribution in [0, 0.1) is 0 Å². The van der Waals surface area contributed by atoms with Crippen LogP contribution in [0.15, 0.2) is 24.4 Å². The van der Waals surface area contributed by atoms with Gasteiger partial charge in [0.1, 0.15) is 0 Å². The summed E-state index contributed by atoms with van der Waals surface area (Å²) in [5, 5.41) is 7.35. The van der Waals surface area contributed by atoms with Crippen molar-refractivity contribution in [1.29, 1.82) is 0 Å². The Bertz CT molecular complexity index is 208. The second kappa shape index (κ2) is 6.15. The molecule has 4 heteroatoms. The number of nitrogens with zero attached hydrogens (tertiary/aromatic N) is 1. The molecule has 0 amide bonds. The maximum absolute atomic E-state index is 9.00. The van der Waals surface area contributed by atoms with Crippen molar-refractivity contribution in [3.8, 4) is 0 Å². The molecule has 1 aliphatic heterocycles. The minimum atomic E-state index is -1.43. The van der Waals surface area contributed by atoms with Crippen LogP contribution in [0.5, 0.6) is 0 Å². The van der Waals surface area contributed by atoms with Gasteiger partial charge in [-0.1, -0.05) is 12.2 Å². The van der Waals surface area contributed by atoms with Crippen molar-refractivity contribution >= 4 is 12.3 Å². The molecular weight excluding hydrogens is 158 g/mol. The molecule has 12 heavy (non-hydrogen) atoms. The lowest BCUT2D eigenvalue weighted by atomic mass is 10.4. The van der Waals surface area contributed by atoms with Crippen LogP contribution in [0.3, 0.4) is 0 Å². The average Bonchev–Trinajstić information content (AvgIpc) is 2.07. The lowest BCUT2D eigenvalue weighted by molar-refractivity contribution is -0.143. The Hall–Kier alpha value is -1.58. The van der Waals surface area contributed by atoms with E-state index in [1.54, 1.807) is 0 Å². The SMILES string of the molecule is CN1C=CC=CC1.O=CC(=O)O. The predicted molar refractivity (Wildman–Crippen MR) is 44.6 cm³/mol. The summed E-state index contributed by atoms with van der Waals surface area (Å²) in [6.45, 7) is 1.05. The highest BCUT2D eigenvalue weighted by atomic mass is 16.4. The lowest BCUT2D eigenvalue weighted by Gasteiger charge is -2.11. The molecule has 0 bridgehead atoms. The van der Waals surface area contributed by atoms with Crippen molar-refractivity contribution in [2.45, 2.75) is 0 Å². The number of carbonyl (C=O) groups excluding carboxylic acids is 1. The number of rotatable bonds is 1. The molecule has 0 saturated carbocycles. The molecule has 0 unspecified atom stereocenters. The Kier molecular flexibility index (Phi) is 5.34. The molecule has 1 N–H and O–H groups in total. The topological polar surface area (TPSA) is 57.6 Å². The highest BCUT2D eigenvalue weighted by Crippen LogP contribution is 1.91. The predicted octanol–water partition coefficient (Wildman–Crippen LogP) is 0.272. The summed E-state index contributed by atoms with van der Waals surface area (Å²) in [7, 11) is 2.06. The molecule has 1 rings (SSSR count). The number of carbonyl (C=O) groups is 2. The number of carboxylic acid groups (broad SMARTS) is 1. The van der Waals surface area contributed by atoms with Crippen LogP contribution in [0.2, 0.25) is 0 Å². The summed E-state index contributed by atoms with van der Waals surface area (Å²) in [5.74, 6) is -1.43. The van der Waals surface area contributed by atoms with E-state index < -0.39 is 5.97 Å². The third-order valence-corrected chi connectivity index (χ3v) is 1.08. The maximum Gasteiger partial charge on any atom is 0.368 e. The van der Waals surface area contributed by atoms with Crippen molar-refractivity contribution in [2.24, 2.45) is 0 Å². The fourth-order valence-electron chi connectivity index (χ4n) is 0.563. The van der Waals surface area contributed by atoms with Crippen LogP contribution in [0.25, 0.3) is 0 Å². The monoisotopic (exact) mass is 169 g/mol. The molecular formula is C8H11NO3. The second-order valence-corrected chi connectivity index (χ2v) is 2.17. The molecule has 0 aromatic heterocycles. The summed E-state index contributed by atoms with van der Waals surface area (Å²) in [6.07, 6.45) is 8.10. The van der Waals surface area contributed by atoms with E-state index >= 15 is 0 Å². The molecule has 0 fully saturated rings. The smallest absolute Gasteiger partial charge is 0.368 e. The van der Waals surface area contributed by atoms with E-state index in [1.165, 1.54) is 0 Å². The molecule has 4 nitrogen and oxygen atoms in total. The molecule has 0 atom stereocenters. The van der Waals surface area contributed by atoms with Crippen LogP contribution < -0.4 is 0 Å². The molecule has 0 radical (unpaired) electrons. The third kappa shape index (κ3) is 6.54. The van der Waals surface area contributed by atoms with Gasteiger partial charge in [-0.3, -0.25) is 4.79 Å². The summed E-state index contributed by atoms with van der Waals surface area (Å²) in [4.78, 5) is 20.0. The van der Waals surface area contributed by atoms with Gasteiger partial charge in [-0.25, -0.2) is 4.79 Å². The largest absolute Gasteiger partial charge is 0.476 e. The number of aliphatic carboxylic acids is 1. The van der Waals surface area contributed by atoms with Crippen LogP contribution >= 0.6 is 0 Å². The van der Waals surface area contributed by atoms with Gasteiger partial charge in [0.15, 0.2) is 0 Å². The Balaban J connectivity index is 0.000000217. The molecule has 0 spiro atoms. The van der Waals surface area contributed by atoms with Gasteiger partial charge < -0.3 is 10.0 Å². The number of likely N-dealkylation sites (N-methyl/N-ethyl adjacent to an activating group) is 1. The first-order valence-electron chi connectivity index (χ1n) is 3.38. The van der Waals surface area contributed by atoms with E-state index in [0.29, 0.717) is 0 Å². The summed E-state index contributed by atoms with van der Waals surface area (Å²) >= 11 is 0. The lowest BCUT2D eigenvalue weighted by Crippen LogP contribution is -2.11. The van der Waals surface area contributed by atoms with Crippen LogP contribution in [0.1, 0.15) is 0 Å². The van der Waals surface area contributed by atoms with Crippen molar-refractivity contribution in [3.63, 3.8) is 0 Å². The Morgan fingerprint density at radius 1 is 1.58 bits per heavy atom. The van der Waals surface area contributed by atoms with Crippen molar-refractivity contribution in [1.82, 2.24) is 4.90 Å². The Labute approximate surface area is 70.8 Å². The molecule has 1 aliphatic rings. The quantitative estimate of drug-likeness (QED) is 0.452. The number of allylic oxidation sites excluding steroid dienone is 2. The van der Waals surface area contributed by atoms with E-state index in [9.17, 15) is 0 Å². The molecule has 0 saturated heterocycles. The van der Waals surface area contributed by atoms with Crippen molar-refractivity contribution in [2.75, 3.05) is 13.6 Å². The Morgan fingerprint density at radius 3 is 2.33 bits per heavy atom. The second-order valence-electron chi connectivity index (χ2n) is 2.17. The van der Waals surface area contributed by atoms with Crippen molar-refractivity contribution in [3.05, 3.63) is 24.4 Å². The molecule has 0 aromatic carbocycles. The normalized spacial score (nSPS) is 13.2. The van der Waals surface area contributed by atoms with Gasteiger partial charge >= 0.3 is 5.97 Å². The highest BCUT2D eigenvalue weighted by molar-refractivity contribution is 6.19. The summed E-state index contributed by atoms with van der Waals surface area (Å²) in [6, 6.07) is 0. The number of hydrogen-bond acceptors (Lipinski definition) is 3. The zero-order chi connectivity index (χ0) is 9.40. The van der Waals surface area contributed by atoms with Gasteiger partial charge in [0.25, 0.3) is 0 Å². The first-order chi connectivity index (χ1) is 5.66. The van der Waals surface area contributed by atoms with Crippen LogP contribution in [0.4, 0.5) is 0 Å². The highest BCUT2D eigenvalue weighted by Gasteiger charge is 1.86. The van der Waals surface area contributed by atoms with Gasteiger partial charge in [0.05, 0.1) is 0 Å². The Morgan fingerprint density at radius 2 is 2.17 bits per heavy atom.